The van der Waals surface area contributed by atoms with Crippen LogP contribution in [0.5, 0.6) is 0 Å². The van der Waals surface area contributed by atoms with Gasteiger partial charge in [-0.25, -0.2) is 4.79 Å². The van der Waals surface area contributed by atoms with Gasteiger partial charge in [0, 0.05) is 11.1 Å². The molecular weight excluding hydrogens is 296 g/mol. The van der Waals surface area contributed by atoms with Crippen LogP contribution in [0.2, 0.25) is 0 Å². The van der Waals surface area contributed by atoms with Gasteiger partial charge in [0.1, 0.15) is 5.69 Å². The maximum Gasteiger partial charge on any atom is 0.335 e. The molecule has 0 aliphatic rings. The molecular formula is C17H12N2O4. The molecule has 2 N–H and O–H groups in total. The first-order chi connectivity index (χ1) is 11.2. The predicted molar refractivity (Wildman–Crippen MR) is 83.7 cm³/mol. The number of aromatic nitrogens is 1. The summed E-state index contributed by atoms with van der Waals surface area (Å²) in [5.41, 5.74) is 2.35. The molecule has 2 aromatic carbocycles. The van der Waals surface area contributed by atoms with Crippen molar-refractivity contribution in [2.45, 2.75) is 0 Å². The fourth-order valence-electron chi connectivity index (χ4n) is 2.28. The summed E-state index contributed by atoms with van der Waals surface area (Å²) in [5.74, 6) is -0.588. The van der Waals surface area contributed by atoms with Crippen molar-refractivity contribution in [3.05, 3.63) is 65.7 Å². The van der Waals surface area contributed by atoms with Crippen LogP contribution >= 0.6 is 0 Å². The van der Waals surface area contributed by atoms with Crippen molar-refractivity contribution in [1.82, 2.24) is 5.16 Å². The third-order valence-electron chi connectivity index (χ3n) is 3.33. The second kappa shape index (κ2) is 6.15. The summed E-state index contributed by atoms with van der Waals surface area (Å²) >= 11 is 0. The molecule has 0 amide bonds. The van der Waals surface area contributed by atoms with E-state index in [0.717, 1.165) is 5.56 Å². The number of rotatable bonds is 4. The number of carboxylic acid groups (broad SMARTS) is 1. The topological polar surface area (TPSA) is 95.9 Å². The molecule has 0 aliphatic heterocycles. The van der Waals surface area contributed by atoms with E-state index in [1.165, 1.54) is 18.3 Å². The Morgan fingerprint density at radius 2 is 1.83 bits per heavy atom. The molecule has 0 saturated heterocycles. The maximum absolute atomic E-state index is 11.1. The molecule has 0 bridgehead atoms. The summed E-state index contributed by atoms with van der Waals surface area (Å²) in [6.45, 7) is 0. The van der Waals surface area contributed by atoms with Gasteiger partial charge in [-0.05, 0) is 12.1 Å². The normalized spacial score (nSPS) is 11.0. The van der Waals surface area contributed by atoms with Crippen LogP contribution in [0.3, 0.4) is 0 Å². The smallest absolute Gasteiger partial charge is 0.335 e. The van der Waals surface area contributed by atoms with Crippen LogP contribution in [0, 0.1) is 0 Å². The highest BCUT2D eigenvalue weighted by atomic mass is 16.5. The Morgan fingerprint density at radius 3 is 2.52 bits per heavy atom. The third kappa shape index (κ3) is 2.82. The van der Waals surface area contributed by atoms with Crippen LogP contribution in [0.4, 0.5) is 0 Å². The first-order valence-corrected chi connectivity index (χ1v) is 6.77. The molecule has 1 heterocycles. The number of hydrogen-bond donors (Lipinski definition) is 2. The van der Waals surface area contributed by atoms with E-state index in [9.17, 15) is 4.79 Å². The highest BCUT2D eigenvalue weighted by molar-refractivity contribution is 5.96. The SMILES string of the molecule is O=C(O)c1cccc(-c2noc(-c3ccccc3)c2C=NO)c1. The lowest BCUT2D eigenvalue weighted by atomic mass is 10.0. The largest absolute Gasteiger partial charge is 0.478 e. The molecule has 6 nitrogen and oxygen atoms in total. The number of aromatic carboxylic acids is 1. The minimum Gasteiger partial charge on any atom is -0.478 e. The van der Waals surface area contributed by atoms with Gasteiger partial charge in [0.25, 0.3) is 0 Å². The van der Waals surface area contributed by atoms with Crippen molar-refractivity contribution >= 4 is 12.2 Å². The second-order valence-corrected chi connectivity index (χ2v) is 4.77. The van der Waals surface area contributed by atoms with Crippen LogP contribution < -0.4 is 0 Å². The molecule has 3 aromatic rings. The number of hydrogen-bond acceptors (Lipinski definition) is 5. The zero-order chi connectivity index (χ0) is 16.2. The zero-order valence-electron chi connectivity index (χ0n) is 11.9. The van der Waals surface area contributed by atoms with E-state index >= 15 is 0 Å². The van der Waals surface area contributed by atoms with Gasteiger partial charge in [-0.2, -0.15) is 0 Å². The van der Waals surface area contributed by atoms with E-state index in [4.69, 9.17) is 14.8 Å². The number of nitrogens with zero attached hydrogens (tertiary/aromatic N) is 2. The van der Waals surface area contributed by atoms with Crippen molar-refractivity contribution < 1.29 is 19.6 Å². The van der Waals surface area contributed by atoms with E-state index in [1.807, 2.05) is 30.3 Å². The van der Waals surface area contributed by atoms with Gasteiger partial charge in [-0.15, -0.1) is 0 Å². The minimum absolute atomic E-state index is 0.138. The third-order valence-corrected chi connectivity index (χ3v) is 3.33. The first kappa shape index (κ1) is 14.5. The van der Waals surface area contributed by atoms with E-state index in [1.54, 1.807) is 12.1 Å². The van der Waals surface area contributed by atoms with Crippen LogP contribution in [0.1, 0.15) is 15.9 Å². The molecule has 3 rings (SSSR count). The van der Waals surface area contributed by atoms with Gasteiger partial charge < -0.3 is 14.8 Å². The summed E-state index contributed by atoms with van der Waals surface area (Å²) in [4.78, 5) is 11.1. The predicted octanol–water partition coefficient (Wildman–Crippen LogP) is 3.51. The van der Waals surface area contributed by atoms with Gasteiger partial charge in [0.15, 0.2) is 5.76 Å². The van der Waals surface area contributed by atoms with Crippen molar-refractivity contribution in [2.24, 2.45) is 5.16 Å². The zero-order valence-corrected chi connectivity index (χ0v) is 11.9. The molecule has 0 aliphatic carbocycles. The van der Waals surface area contributed by atoms with E-state index in [2.05, 4.69) is 10.3 Å². The first-order valence-electron chi connectivity index (χ1n) is 6.77. The van der Waals surface area contributed by atoms with Crippen molar-refractivity contribution in [2.75, 3.05) is 0 Å². The highest BCUT2D eigenvalue weighted by Crippen LogP contribution is 2.31. The quantitative estimate of drug-likeness (QED) is 0.437. The molecule has 0 radical (unpaired) electrons. The summed E-state index contributed by atoms with van der Waals surface area (Å²) in [6, 6.07) is 15.6. The van der Waals surface area contributed by atoms with Crippen molar-refractivity contribution in [3.8, 4) is 22.6 Å². The Hall–Kier alpha value is -3.41. The molecule has 0 atom stereocenters. The Balaban J connectivity index is 2.16. The number of carbonyl (C=O) groups is 1. The molecule has 23 heavy (non-hydrogen) atoms. The monoisotopic (exact) mass is 308 g/mol. The summed E-state index contributed by atoms with van der Waals surface area (Å²) in [5, 5.41) is 25.1. The standard InChI is InChI=1S/C17H12N2O4/c20-17(21)13-8-4-7-12(9-13)15-14(10-18-22)16(23-19-15)11-5-2-1-3-6-11/h1-10,22H,(H,20,21). The molecule has 0 unspecified atom stereocenters. The van der Waals surface area contributed by atoms with Gasteiger partial charge in [-0.1, -0.05) is 52.8 Å². The fraction of sp³-hybridized carbons (Fsp3) is 0. The van der Waals surface area contributed by atoms with Crippen molar-refractivity contribution in [1.29, 1.82) is 0 Å². The van der Waals surface area contributed by atoms with Crippen LogP contribution in [-0.2, 0) is 0 Å². The second-order valence-electron chi connectivity index (χ2n) is 4.77. The Morgan fingerprint density at radius 1 is 1.09 bits per heavy atom. The Kier molecular flexibility index (Phi) is 3.88. The summed E-state index contributed by atoms with van der Waals surface area (Å²) in [7, 11) is 0. The number of carboxylic acids is 1. The number of oxime groups is 1. The molecule has 0 fully saturated rings. The average Bonchev–Trinajstić information content (AvgIpc) is 3.00. The lowest BCUT2D eigenvalue weighted by molar-refractivity contribution is 0.0697. The summed E-state index contributed by atoms with van der Waals surface area (Å²) in [6.07, 6.45) is 1.22. The fourth-order valence-corrected chi connectivity index (χ4v) is 2.28. The van der Waals surface area contributed by atoms with Gasteiger partial charge in [-0.3, -0.25) is 0 Å². The lowest BCUT2D eigenvalue weighted by Crippen LogP contribution is -1.96. The summed E-state index contributed by atoms with van der Waals surface area (Å²) < 4.78 is 5.39. The molecule has 114 valence electrons. The molecule has 6 heteroatoms. The Labute approximate surface area is 131 Å². The highest BCUT2D eigenvalue weighted by Gasteiger charge is 2.18. The van der Waals surface area contributed by atoms with Gasteiger partial charge >= 0.3 is 5.97 Å². The Bertz CT molecular complexity index is 869. The molecule has 0 spiro atoms. The van der Waals surface area contributed by atoms with Crippen molar-refractivity contribution in [3.63, 3.8) is 0 Å². The lowest BCUT2D eigenvalue weighted by Gasteiger charge is -2.01. The van der Waals surface area contributed by atoms with Crippen LogP contribution in [0.15, 0.2) is 64.3 Å². The van der Waals surface area contributed by atoms with E-state index in [0.29, 0.717) is 22.6 Å². The average molecular weight is 308 g/mol. The molecule has 0 saturated carbocycles. The van der Waals surface area contributed by atoms with E-state index < -0.39 is 5.97 Å². The van der Waals surface area contributed by atoms with Gasteiger partial charge in [0.2, 0.25) is 0 Å². The minimum atomic E-state index is -1.03. The molecule has 1 aromatic heterocycles. The maximum atomic E-state index is 11.1. The van der Waals surface area contributed by atoms with Crippen LogP contribution in [-0.4, -0.2) is 27.7 Å². The number of benzene rings is 2. The van der Waals surface area contributed by atoms with Gasteiger partial charge in [0.05, 0.1) is 17.3 Å². The van der Waals surface area contributed by atoms with E-state index in [-0.39, 0.29) is 5.56 Å². The van der Waals surface area contributed by atoms with Crippen LogP contribution in [0.25, 0.3) is 22.6 Å².